The molecule has 1 aliphatic rings. The van der Waals surface area contributed by atoms with E-state index < -0.39 is 12.1 Å². The molecule has 1 fully saturated rings. The van der Waals surface area contributed by atoms with Gasteiger partial charge < -0.3 is 24.9 Å². The zero-order valence-corrected chi connectivity index (χ0v) is 19.2. The molecule has 3 aromatic rings. The van der Waals surface area contributed by atoms with Crippen molar-refractivity contribution in [2.24, 2.45) is 0 Å². The maximum Gasteiger partial charge on any atom is 0.410 e. The monoisotopic (exact) mass is 515 g/mol. The second-order valence-corrected chi connectivity index (χ2v) is 8.42. The number of esters is 1. The van der Waals surface area contributed by atoms with Crippen molar-refractivity contribution in [2.45, 2.75) is 25.6 Å². The van der Waals surface area contributed by atoms with E-state index in [9.17, 15) is 14.8 Å². The zero-order valence-electron chi connectivity index (χ0n) is 17.6. The number of hydrogen-bond acceptors (Lipinski definition) is 8. The quantitative estimate of drug-likeness (QED) is 0.289. The normalized spacial score (nSPS) is 15.4. The summed E-state index contributed by atoms with van der Waals surface area (Å²) in [5, 5.41) is 18.7. The number of carbonyl (C=O) groups excluding carboxylic acids is 2. The van der Waals surface area contributed by atoms with Crippen molar-refractivity contribution in [3.8, 4) is 0 Å². The van der Waals surface area contributed by atoms with E-state index in [1.807, 2.05) is 30.3 Å². The molecule has 172 valence electrons. The molecule has 1 unspecified atom stereocenters. The molecule has 1 atom stereocenters. The summed E-state index contributed by atoms with van der Waals surface area (Å²) in [6.07, 6.45) is -0.180. The molecule has 1 aromatic heterocycles. The maximum absolute atomic E-state index is 12.2. The number of carbonyl (C=O) groups is 2. The van der Waals surface area contributed by atoms with E-state index in [0.717, 1.165) is 10.0 Å². The van der Waals surface area contributed by atoms with Crippen molar-refractivity contribution < 1.29 is 23.9 Å². The minimum absolute atomic E-state index is 0.0650. The Bertz CT molecular complexity index is 1150. The van der Waals surface area contributed by atoms with Crippen LogP contribution in [0.2, 0.25) is 0 Å². The van der Waals surface area contributed by atoms with Crippen LogP contribution >= 0.6 is 15.9 Å². The van der Waals surface area contributed by atoms with Crippen molar-refractivity contribution in [3.05, 3.63) is 63.8 Å². The van der Waals surface area contributed by atoms with Crippen LogP contribution in [-0.4, -0.2) is 52.8 Å². The van der Waals surface area contributed by atoms with Crippen molar-refractivity contribution in [3.63, 3.8) is 0 Å². The first-order chi connectivity index (χ1) is 16.0. The fourth-order valence-corrected chi connectivity index (χ4v) is 3.77. The van der Waals surface area contributed by atoms with Gasteiger partial charge in [0.15, 0.2) is 0 Å². The van der Waals surface area contributed by atoms with Gasteiger partial charge in [0, 0.05) is 30.0 Å². The third-order valence-electron chi connectivity index (χ3n) is 5.07. The molecule has 4 rings (SSSR count). The van der Waals surface area contributed by atoms with Crippen molar-refractivity contribution in [2.75, 3.05) is 25.0 Å². The first kappa shape index (κ1) is 22.7. The number of ether oxygens (including phenoxy) is 2. The molecular weight excluding hydrogens is 494 g/mol. The van der Waals surface area contributed by atoms with E-state index in [0.29, 0.717) is 35.4 Å². The molecule has 1 amide bonds. The Balaban J connectivity index is 1.19. The van der Waals surface area contributed by atoms with E-state index in [2.05, 4.69) is 31.3 Å². The highest BCUT2D eigenvalue weighted by atomic mass is 79.9. The largest absolute Gasteiger partial charge is 0.594 e. The second kappa shape index (κ2) is 10.4. The molecule has 1 N–H and O–H groups in total. The zero-order chi connectivity index (χ0) is 23.2. The molecule has 10 nitrogen and oxygen atoms in total. The van der Waals surface area contributed by atoms with Crippen molar-refractivity contribution >= 4 is 45.0 Å². The van der Waals surface area contributed by atoms with Crippen LogP contribution in [0.5, 0.6) is 0 Å². The third-order valence-corrected chi connectivity index (χ3v) is 5.57. The van der Waals surface area contributed by atoms with Gasteiger partial charge in [0.2, 0.25) is 0 Å². The smallest absolute Gasteiger partial charge is 0.410 e. The Morgan fingerprint density at radius 2 is 2.06 bits per heavy atom. The van der Waals surface area contributed by atoms with Crippen LogP contribution in [0.4, 0.5) is 10.7 Å². The molecule has 2 aromatic carbocycles. The average molecular weight is 516 g/mol. The van der Waals surface area contributed by atoms with Crippen LogP contribution in [-0.2, 0) is 20.9 Å². The Hall–Kier alpha value is -3.47. The van der Waals surface area contributed by atoms with Gasteiger partial charge in [0.05, 0.1) is 18.1 Å². The molecule has 0 spiro atoms. The van der Waals surface area contributed by atoms with Crippen molar-refractivity contribution in [1.82, 2.24) is 15.0 Å². The molecule has 1 aliphatic heterocycles. The second-order valence-electron chi connectivity index (χ2n) is 7.50. The number of hydrogen-bond donors (Lipinski definition) is 1. The number of aromatic nitrogens is 3. The third kappa shape index (κ3) is 6.07. The lowest BCUT2D eigenvalue weighted by Crippen LogP contribution is -2.34. The summed E-state index contributed by atoms with van der Waals surface area (Å²) in [5.41, 5.74) is 1.73. The van der Waals surface area contributed by atoms with Crippen LogP contribution in [0, 0.1) is 5.21 Å². The predicted molar refractivity (Wildman–Crippen MR) is 122 cm³/mol. The summed E-state index contributed by atoms with van der Waals surface area (Å²) in [7, 11) is 0. The number of nitrogens with one attached hydrogen (secondary N) is 1. The Labute approximate surface area is 198 Å². The number of benzene rings is 2. The lowest BCUT2D eigenvalue weighted by atomic mass is 10.2. The van der Waals surface area contributed by atoms with Gasteiger partial charge in [-0.25, -0.2) is 9.78 Å². The van der Waals surface area contributed by atoms with E-state index in [-0.39, 0.29) is 31.6 Å². The number of nitrogens with zero attached hydrogens (tertiary/aromatic N) is 4. The van der Waals surface area contributed by atoms with Crippen LogP contribution < -0.4 is 10.2 Å². The lowest BCUT2D eigenvalue weighted by Gasteiger charge is -2.16. The summed E-state index contributed by atoms with van der Waals surface area (Å²) in [4.78, 5) is 30.7. The SMILES string of the molecule is O=C(CCNc1nc2ccc(Br)cc2[n+]([O-])n1)OC1CCN(C(=O)OCc2ccccc2)C1. The fraction of sp³-hybridized carbons (Fsp3) is 0.318. The number of rotatable bonds is 7. The topological polar surface area (TPSA) is 121 Å². The van der Waals surface area contributed by atoms with Gasteiger partial charge in [-0.05, 0) is 22.5 Å². The van der Waals surface area contributed by atoms with Crippen LogP contribution in [0.1, 0.15) is 18.4 Å². The molecule has 2 heterocycles. The summed E-state index contributed by atoms with van der Waals surface area (Å²) in [6, 6.07) is 14.5. The number of halogens is 1. The highest BCUT2D eigenvalue weighted by molar-refractivity contribution is 9.10. The van der Waals surface area contributed by atoms with Gasteiger partial charge in [0.1, 0.15) is 18.2 Å². The minimum atomic E-state index is -0.425. The summed E-state index contributed by atoms with van der Waals surface area (Å²) < 4.78 is 11.5. The van der Waals surface area contributed by atoms with Gasteiger partial charge in [0.25, 0.3) is 11.5 Å². The van der Waals surface area contributed by atoms with E-state index in [4.69, 9.17) is 9.47 Å². The summed E-state index contributed by atoms with van der Waals surface area (Å²) in [5.74, 6) is -0.285. The van der Waals surface area contributed by atoms with E-state index in [1.54, 1.807) is 18.2 Å². The van der Waals surface area contributed by atoms with E-state index >= 15 is 0 Å². The molecule has 11 heteroatoms. The number of likely N-dealkylation sites (tertiary alicyclic amines) is 1. The fourth-order valence-electron chi connectivity index (χ4n) is 3.42. The molecule has 0 aliphatic carbocycles. The Morgan fingerprint density at radius 3 is 2.88 bits per heavy atom. The van der Waals surface area contributed by atoms with Crippen LogP contribution in [0.25, 0.3) is 11.0 Å². The molecule has 33 heavy (non-hydrogen) atoms. The van der Waals surface area contributed by atoms with Gasteiger partial charge in [-0.1, -0.05) is 46.3 Å². The highest BCUT2D eigenvalue weighted by Crippen LogP contribution is 2.17. The summed E-state index contributed by atoms with van der Waals surface area (Å²) >= 11 is 3.30. The predicted octanol–water partition coefficient (Wildman–Crippen LogP) is 2.78. The van der Waals surface area contributed by atoms with Crippen LogP contribution in [0.15, 0.2) is 53.0 Å². The molecule has 0 saturated carbocycles. The average Bonchev–Trinajstić information content (AvgIpc) is 3.27. The molecule has 0 radical (unpaired) electrons. The first-order valence-corrected chi connectivity index (χ1v) is 11.2. The number of amides is 1. The van der Waals surface area contributed by atoms with Gasteiger partial charge in [-0.15, -0.1) is 0 Å². The summed E-state index contributed by atoms with van der Waals surface area (Å²) in [6.45, 7) is 1.17. The molecular formula is C22H22BrN5O5. The lowest BCUT2D eigenvalue weighted by molar-refractivity contribution is -0.641. The van der Waals surface area contributed by atoms with Crippen molar-refractivity contribution in [1.29, 1.82) is 0 Å². The first-order valence-electron chi connectivity index (χ1n) is 10.4. The van der Waals surface area contributed by atoms with Gasteiger partial charge in [-0.2, -0.15) is 0 Å². The van der Waals surface area contributed by atoms with E-state index in [1.165, 1.54) is 4.90 Å². The van der Waals surface area contributed by atoms with Crippen LogP contribution in [0.3, 0.4) is 0 Å². The Morgan fingerprint density at radius 1 is 1.24 bits per heavy atom. The molecule has 0 bridgehead atoms. The highest BCUT2D eigenvalue weighted by Gasteiger charge is 2.29. The minimum Gasteiger partial charge on any atom is -0.594 e. The standard InChI is InChI=1S/C22H22BrN5O5/c23-16-6-7-18-19(12-16)28(31)26-21(25-18)24-10-8-20(29)33-17-9-11-27(13-17)22(30)32-14-15-4-2-1-3-5-15/h1-7,12,17H,8-11,13-14H2,(H,24,25,26). The number of anilines is 1. The van der Waals surface area contributed by atoms with Gasteiger partial charge in [-0.3, -0.25) is 4.79 Å². The van der Waals surface area contributed by atoms with Gasteiger partial charge >= 0.3 is 12.1 Å². The maximum atomic E-state index is 12.2. The molecule has 1 saturated heterocycles. The number of fused-ring (bicyclic) bond motifs is 1. The Kier molecular flexibility index (Phi) is 7.18.